The predicted octanol–water partition coefficient (Wildman–Crippen LogP) is 0.777. The summed E-state index contributed by atoms with van der Waals surface area (Å²) in [7, 11) is 1.74. The van der Waals surface area contributed by atoms with Gasteiger partial charge in [0.15, 0.2) is 0 Å². The summed E-state index contributed by atoms with van der Waals surface area (Å²) in [5.74, 6) is 0. The van der Waals surface area contributed by atoms with Gasteiger partial charge < -0.3 is 15.2 Å². The lowest BCUT2D eigenvalue weighted by molar-refractivity contribution is 0.0580. The molecule has 1 saturated heterocycles. The molecule has 1 fully saturated rings. The van der Waals surface area contributed by atoms with Gasteiger partial charge in [0.2, 0.25) is 0 Å². The number of methoxy groups -OCH3 is 1. The summed E-state index contributed by atoms with van der Waals surface area (Å²) in [4.78, 5) is 0. The van der Waals surface area contributed by atoms with Gasteiger partial charge in [-0.2, -0.15) is 0 Å². The van der Waals surface area contributed by atoms with Gasteiger partial charge in [-0.25, -0.2) is 0 Å². The topological polar surface area (TPSA) is 44.5 Å². The smallest absolute Gasteiger partial charge is 0.0549 e. The summed E-state index contributed by atoms with van der Waals surface area (Å²) < 4.78 is 10.6. The fourth-order valence-electron chi connectivity index (χ4n) is 1.75. The van der Waals surface area contributed by atoms with Gasteiger partial charge in [0, 0.05) is 25.7 Å². The van der Waals surface area contributed by atoms with Crippen molar-refractivity contribution < 1.29 is 9.47 Å². The van der Waals surface area contributed by atoms with Crippen LogP contribution in [0, 0.1) is 5.41 Å². The first kappa shape index (κ1) is 9.96. The second-order valence-electron chi connectivity index (χ2n) is 3.76. The summed E-state index contributed by atoms with van der Waals surface area (Å²) in [6, 6.07) is 0. The highest BCUT2D eigenvalue weighted by atomic mass is 16.5. The van der Waals surface area contributed by atoms with Crippen molar-refractivity contribution in [2.24, 2.45) is 11.1 Å². The van der Waals surface area contributed by atoms with Crippen LogP contribution in [0.5, 0.6) is 0 Å². The van der Waals surface area contributed by atoms with E-state index in [1.165, 1.54) is 0 Å². The third kappa shape index (κ3) is 2.19. The first-order valence-corrected chi connectivity index (χ1v) is 4.53. The largest absolute Gasteiger partial charge is 0.382 e. The van der Waals surface area contributed by atoms with Crippen LogP contribution in [-0.2, 0) is 9.47 Å². The minimum Gasteiger partial charge on any atom is -0.382 e. The molecule has 1 aliphatic rings. The maximum Gasteiger partial charge on any atom is 0.0549 e. The zero-order valence-corrected chi connectivity index (χ0v) is 8.01. The van der Waals surface area contributed by atoms with Crippen LogP contribution in [-0.4, -0.2) is 33.0 Å². The molecule has 0 saturated carbocycles. The third-order valence-corrected chi connectivity index (χ3v) is 2.74. The molecule has 2 unspecified atom stereocenters. The molecule has 0 aromatic heterocycles. The quantitative estimate of drug-likeness (QED) is 0.683. The number of hydrogen-bond acceptors (Lipinski definition) is 3. The van der Waals surface area contributed by atoms with E-state index in [-0.39, 0.29) is 11.5 Å². The van der Waals surface area contributed by atoms with Gasteiger partial charge in [0.05, 0.1) is 12.7 Å². The van der Waals surface area contributed by atoms with Crippen LogP contribution in [0.25, 0.3) is 0 Å². The van der Waals surface area contributed by atoms with Crippen molar-refractivity contribution in [3.8, 4) is 0 Å². The molecule has 2 atom stereocenters. The minimum absolute atomic E-state index is 0.190. The van der Waals surface area contributed by atoms with Crippen LogP contribution in [0.2, 0.25) is 0 Å². The first-order chi connectivity index (χ1) is 5.72. The summed E-state index contributed by atoms with van der Waals surface area (Å²) in [5, 5.41) is 0. The zero-order valence-electron chi connectivity index (χ0n) is 8.01. The Morgan fingerprint density at radius 2 is 2.42 bits per heavy atom. The van der Waals surface area contributed by atoms with Gasteiger partial charge in [0.1, 0.15) is 0 Å². The molecule has 1 rings (SSSR count). The Morgan fingerprint density at radius 3 is 2.83 bits per heavy atom. The first-order valence-electron chi connectivity index (χ1n) is 4.53. The van der Waals surface area contributed by atoms with Crippen molar-refractivity contribution in [3.05, 3.63) is 0 Å². The highest BCUT2D eigenvalue weighted by Gasteiger charge is 2.34. The van der Waals surface area contributed by atoms with Crippen LogP contribution in [0.3, 0.4) is 0 Å². The Labute approximate surface area is 74.2 Å². The van der Waals surface area contributed by atoms with Crippen LogP contribution in [0.1, 0.15) is 19.8 Å². The van der Waals surface area contributed by atoms with E-state index in [0.717, 1.165) is 26.1 Å². The molecule has 0 spiro atoms. The van der Waals surface area contributed by atoms with Gasteiger partial charge in [-0.15, -0.1) is 0 Å². The van der Waals surface area contributed by atoms with Crippen molar-refractivity contribution >= 4 is 0 Å². The van der Waals surface area contributed by atoms with E-state index in [9.17, 15) is 0 Å². The highest BCUT2D eigenvalue weighted by Crippen LogP contribution is 2.32. The van der Waals surface area contributed by atoms with Crippen LogP contribution in [0.4, 0.5) is 0 Å². The molecule has 3 heteroatoms. The lowest BCUT2D eigenvalue weighted by Gasteiger charge is -2.27. The van der Waals surface area contributed by atoms with Gasteiger partial charge in [-0.05, 0) is 19.8 Å². The Balaban J connectivity index is 2.43. The summed E-state index contributed by atoms with van der Waals surface area (Å²) >= 11 is 0. The van der Waals surface area contributed by atoms with Gasteiger partial charge in [0.25, 0.3) is 0 Å². The van der Waals surface area contributed by atoms with E-state index in [2.05, 4.69) is 6.92 Å². The molecular weight excluding hydrogens is 154 g/mol. The second kappa shape index (κ2) is 4.21. The van der Waals surface area contributed by atoms with E-state index >= 15 is 0 Å². The van der Waals surface area contributed by atoms with Crippen molar-refractivity contribution in [2.75, 3.05) is 26.9 Å². The Bertz CT molecular complexity index is 132. The highest BCUT2D eigenvalue weighted by molar-refractivity contribution is 4.85. The molecule has 0 radical (unpaired) electrons. The Kier molecular flexibility index (Phi) is 3.50. The second-order valence-corrected chi connectivity index (χ2v) is 3.76. The minimum atomic E-state index is 0.190. The third-order valence-electron chi connectivity index (χ3n) is 2.74. The van der Waals surface area contributed by atoms with E-state index in [1.54, 1.807) is 7.11 Å². The van der Waals surface area contributed by atoms with Crippen LogP contribution in [0.15, 0.2) is 0 Å². The lowest BCUT2D eigenvalue weighted by atomic mass is 9.82. The molecule has 0 amide bonds. The average Bonchev–Trinajstić information content (AvgIpc) is 2.54. The predicted molar refractivity (Wildman–Crippen MR) is 48.0 cm³/mol. The van der Waals surface area contributed by atoms with Crippen LogP contribution >= 0.6 is 0 Å². The zero-order chi connectivity index (χ0) is 9.03. The summed E-state index contributed by atoms with van der Waals surface area (Å²) in [6.07, 6.45) is 2.38. The normalized spacial score (nSPS) is 32.2. The maximum absolute atomic E-state index is 5.74. The van der Waals surface area contributed by atoms with E-state index < -0.39 is 0 Å². The fourth-order valence-corrected chi connectivity index (χ4v) is 1.75. The fraction of sp³-hybridized carbons (Fsp3) is 1.00. The molecule has 2 N–H and O–H groups in total. The molecule has 0 aliphatic carbocycles. The number of nitrogens with two attached hydrogens (primary N) is 1. The molecule has 0 aromatic carbocycles. The van der Waals surface area contributed by atoms with Crippen molar-refractivity contribution in [2.45, 2.75) is 25.9 Å². The van der Waals surface area contributed by atoms with Gasteiger partial charge in [-0.1, -0.05) is 0 Å². The van der Waals surface area contributed by atoms with E-state index in [4.69, 9.17) is 15.2 Å². The van der Waals surface area contributed by atoms with Gasteiger partial charge in [-0.3, -0.25) is 0 Å². The summed E-state index contributed by atoms with van der Waals surface area (Å²) in [5.41, 5.74) is 5.93. The summed E-state index contributed by atoms with van der Waals surface area (Å²) in [6.45, 7) is 4.45. The lowest BCUT2D eigenvalue weighted by Crippen LogP contribution is -2.34. The van der Waals surface area contributed by atoms with E-state index in [0.29, 0.717) is 6.54 Å². The Morgan fingerprint density at radius 1 is 1.67 bits per heavy atom. The number of hydrogen-bond donors (Lipinski definition) is 1. The van der Waals surface area contributed by atoms with Crippen molar-refractivity contribution in [1.29, 1.82) is 0 Å². The molecular formula is C9H19NO2. The standard InChI is InChI=1S/C9H19NO2/c1-8(11-2)5-9(6-10)3-4-12-7-9/h8H,3-7,10H2,1-2H3. The van der Waals surface area contributed by atoms with Crippen LogP contribution < -0.4 is 5.73 Å². The Hall–Kier alpha value is -0.120. The van der Waals surface area contributed by atoms with Crippen molar-refractivity contribution in [1.82, 2.24) is 0 Å². The monoisotopic (exact) mass is 173 g/mol. The molecule has 0 bridgehead atoms. The molecule has 12 heavy (non-hydrogen) atoms. The molecule has 72 valence electrons. The average molecular weight is 173 g/mol. The molecule has 1 aliphatic heterocycles. The van der Waals surface area contributed by atoms with E-state index in [1.807, 2.05) is 0 Å². The molecule has 0 aromatic rings. The van der Waals surface area contributed by atoms with Crippen molar-refractivity contribution in [3.63, 3.8) is 0 Å². The number of rotatable bonds is 4. The molecule has 3 nitrogen and oxygen atoms in total. The maximum atomic E-state index is 5.74. The van der Waals surface area contributed by atoms with Gasteiger partial charge >= 0.3 is 0 Å². The SMILES string of the molecule is COC(C)CC1(CN)CCOC1. The number of ether oxygens (including phenoxy) is 2. The molecule has 1 heterocycles.